The lowest BCUT2D eigenvalue weighted by Gasteiger charge is -2.34. The number of aliphatic hydroxyl groups excluding tert-OH is 1. The SMILES string of the molecule is CN(CC1CC(O)C1)S(=O)(=O)c1ccc(F)c(C(=O)O)c1. The van der Waals surface area contributed by atoms with Crippen LogP contribution in [-0.2, 0) is 10.0 Å². The third kappa shape index (κ3) is 3.22. The summed E-state index contributed by atoms with van der Waals surface area (Å²) in [5, 5.41) is 18.0. The number of aliphatic hydroxyl groups is 1. The molecule has 0 heterocycles. The van der Waals surface area contributed by atoms with Crippen molar-refractivity contribution >= 4 is 16.0 Å². The first-order chi connectivity index (χ1) is 9.71. The molecule has 0 saturated heterocycles. The van der Waals surface area contributed by atoms with Gasteiger partial charge in [0.15, 0.2) is 0 Å². The van der Waals surface area contributed by atoms with E-state index in [9.17, 15) is 22.7 Å². The van der Waals surface area contributed by atoms with E-state index in [1.807, 2.05) is 0 Å². The van der Waals surface area contributed by atoms with Gasteiger partial charge in [0.25, 0.3) is 0 Å². The Bertz CT molecular complexity index is 655. The topological polar surface area (TPSA) is 94.9 Å². The molecule has 1 aliphatic rings. The van der Waals surface area contributed by atoms with E-state index in [2.05, 4.69) is 0 Å². The van der Waals surface area contributed by atoms with Gasteiger partial charge in [0.1, 0.15) is 5.82 Å². The Labute approximate surface area is 121 Å². The molecular weight excluding hydrogens is 301 g/mol. The number of carbonyl (C=O) groups is 1. The van der Waals surface area contributed by atoms with Crippen LogP contribution in [0, 0.1) is 11.7 Å². The Balaban J connectivity index is 2.22. The minimum absolute atomic E-state index is 0.0826. The molecule has 1 aromatic rings. The van der Waals surface area contributed by atoms with E-state index in [4.69, 9.17) is 5.11 Å². The van der Waals surface area contributed by atoms with Crippen molar-refractivity contribution < 1.29 is 27.8 Å². The van der Waals surface area contributed by atoms with E-state index in [0.29, 0.717) is 12.8 Å². The van der Waals surface area contributed by atoms with E-state index in [1.54, 1.807) is 0 Å². The number of benzene rings is 1. The van der Waals surface area contributed by atoms with Gasteiger partial charge >= 0.3 is 5.97 Å². The molecule has 0 bridgehead atoms. The predicted molar refractivity (Wildman–Crippen MR) is 71.9 cm³/mol. The van der Waals surface area contributed by atoms with Crippen molar-refractivity contribution in [1.82, 2.24) is 4.31 Å². The van der Waals surface area contributed by atoms with Crippen LogP contribution >= 0.6 is 0 Å². The van der Waals surface area contributed by atoms with Crippen LogP contribution in [0.15, 0.2) is 23.1 Å². The van der Waals surface area contributed by atoms with Gasteiger partial charge < -0.3 is 10.2 Å². The van der Waals surface area contributed by atoms with Crippen molar-refractivity contribution in [3.63, 3.8) is 0 Å². The number of hydrogen-bond donors (Lipinski definition) is 2. The summed E-state index contributed by atoms with van der Waals surface area (Å²) >= 11 is 0. The third-order valence-electron chi connectivity index (χ3n) is 3.60. The van der Waals surface area contributed by atoms with E-state index >= 15 is 0 Å². The highest BCUT2D eigenvalue weighted by Gasteiger charge is 2.32. The minimum Gasteiger partial charge on any atom is -0.478 e. The molecule has 0 atom stereocenters. The Morgan fingerprint density at radius 2 is 2.05 bits per heavy atom. The molecule has 21 heavy (non-hydrogen) atoms. The largest absolute Gasteiger partial charge is 0.478 e. The maximum absolute atomic E-state index is 13.3. The molecule has 0 radical (unpaired) electrons. The summed E-state index contributed by atoms with van der Waals surface area (Å²) in [6.07, 6.45) is 0.711. The molecule has 2 rings (SSSR count). The highest BCUT2D eigenvalue weighted by molar-refractivity contribution is 7.89. The highest BCUT2D eigenvalue weighted by atomic mass is 32.2. The fourth-order valence-corrected chi connectivity index (χ4v) is 3.59. The molecule has 1 saturated carbocycles. The molecule has 8 heteroatoms. The lowest BCUT2D eigenvalue weighted by Crippen LogP contribution is -2.39. The number of rotatable bonds is 5. The molecule has 0 unspecified atom stereocenters. The number of hydrogen-bond acceptors (Lipinski definition) is 4. The average molecular weight is 317 g/mol. The fraction of sp³-hybridized carbons (Fsp3) is 0.462. The highest BCUT2D eigenvalue weighted by Crippen LogP contribution is 2.29. The third-order valence-corrected chi connectivity index (χ3v) is 5.42. The second kappa shape index (κ2) is 5.70. The summed E-state index contributed by atoms with van der Waals surface area (Å²) in [6.45, 7) is 0.235. The number of halogens is 1. The van der Waals surface area contributed by atoms with E-state index in [1.165, 1.54) is 7.05 Å². The Morgan fingerprint density at radius 3 is 2.57 bits per heavy atom. The zero-order chi connectivity index (χ0) is 15.8. The Hall–Kier alpha value is -1.51. The molecule has 0 spiro atoms. The van der Waals surface area contributed by atoms with Gasteiger partial charge in [-0.3, -0.25) is 0 Å². The van der Waals surface area contributed by atoms with Crippen molar-refractivity contribution in [1.29, 1.82) is 0 Å². The Morgan fingerprint density at radius 1 is 1.43 bits per heavy atom. The standard InChI is InChI=1S/C13H16FNO5S/c1-15(7-8-4-9(16)5-8)21(19,20)10-2-3-12(14)11(6-10)13(17)18/h2-3,6,8-9,16H,4-5,7H2,1H3,(H,17,18). The van der Waals surface area contributed by atoms with Crippen LogP contribution in [0.4, 0.5) is 4.39 Å². The van der Waals surface area contributed by atoms with Crippen LogP contribution in [0.5, 0.6) is 0 Å². The fourth-order valence-electron chi connectivity index (χ4n) is 2.32. The van der Waals surface area contributed by atoms with Crippen molar-refractivity contribution in [2.45, 2.75) is 23.8 Å². The predicted octanol–water partition coefficient (Wildman–Crippen LogP) is 0.915. The van der Waals surface area contributed by atoms with E-state index in [-0.39, 0.29) is 23.5 Å². The molecule has 0 aromatic heterocycles. The number of carboxylic acid groups (broad SMARTS) is 1. The molecule has 116 valence electrons. The van der Waals surface area contributed by atoms with Crippen LogP contribution in [0.3, 0.4) is 0 Å². The van der Waals surface area contributed by atoms with E-state index in [0.717, 1.165) is 22.5 Å². The summed E-state index contributed by atoms with van der Waals surface area (Å²) < 4.78 is 39.1. The zero-order valence-corrected chi connectivity index (χ0v) is 12.2. The molecule has 2 N–H and O–H groups in total. The average Bonchev–Trinajstić information content (AvgIpc) is 2.36. The van der Waals surface area contributed by atoms with Crippen LogP contribution in [0.1, 0.15) is 23.2 Å². The first-order valence-electron chi connectivity index (χ1n) is 6.39. The Kier molecular flexibility index (Phi) is 4.31. The van der Waals surface area contributed by atoms with Gasteiger partial charge in [0.2, 0.25) is 10.0 Å². The summed E-state index contributed by atoms with van der Waals surface area (Å²) in [6, 6.07) is 2.69. The second-order valence-corrected chi connectivity index (χ2v) is 7.27. The zero-order valence-electron chi connectivity index (χ0n) is 11.4. The minimum atomic E-state index is -3.88. The summed E-state index contributed by atoms with van der Waals surface area (Å²) in [4.78, 5) is 10.6. The van der Waals surface area contributed by atoms with E-state index < -0.39 is 27.4 Å². The normalized spacial score (nSPS) is 22.1. The van der Waals surface area contributed by atoms with Crippen molar-refractivity contribution in [3.05, 3.63) is 29.6 Å². The first kappa shape index (κ1) is 15.9. The van der Waals surface area contributed by atoms with Crippen LogP contribution in [0.25, 0.3) is 0 Å². The van der Waals surface area contributed by atoms with Crippen molar-refractivity contribution in [3.8, 4) is 0 Å². The number of aromatic carboxylic acids is 1. The van der Waals surface area contributed by atoms with Crippen LogP contribution < -0.4 is 0 Å². The van der Waals surface area contributed by atoms with Crippen LogP contribution in [-0.4, -0.2) is 48.6 Å². The second-order valence-electron chi connectivity index (χ2n) is 5.22. The van der Waals surface area contributed by atoms with Gasteiger partial charge in [-0.05, 0) is 37.0 Å². The van der Waals surface area contributed by atoms with Gasteiger partial charge in [-0.2, -0.15) is 0 Å². The quantitative estimate of drug-likeness (QED) is 0.842. The molecule has 1 fully saturated rings. The van der Waals surface area contributed by atoms with Gasteiger partial charge in [0, 0.05) is 13.6 Å². The molecule has 1 aliphatic carbocycles. The lowest BCUT2D eigenvalue weighted by atomic mass is 9.82. The first-order valence-corrected chi connectivity index (χ1v) is 7.83. The molecule has 1 aromatic carbocycles. The van der Waals surface area contributed by atoms with Crippen molar-refractivity contribution in [2.24, 2.45) is 5.92 Å². The number of nitrogens with zero attached hydrogens (tertiary/aromatic N) is 1. The number of carboxylic acids is 1. The summed E-state index contributed by atoms with van der Waals surface area (Å²) in [7, 11) is -2.50. The molecule has 0 amide bonds. The van der Waals surface area contributed by atoms with Gasteiger partial charge in [-0.15, -0.1) is 0 Å². The lowest BCUT2D eigenvalue weighted by molar-refractivity contribution is 0.0367. The van der Waals surface area contributed by atoms with Gasteiger partial charge in [-0.1, -0.05) is 0 Å². The van der Waals surface area contributed by atoms with Gasteiger partial charge in [0.05, 0.1) is 16.6 Å². The molecule has 6 nitrogen and oxygen atoms in total. The molecular formula is C13H16FNO5S. The smallest absolute Gasteiger partial charge is 0.338 e. The summed E-state index contributed by atoms with van der Waals surface area (Å²) in [5.41, 5.74) is -0.677. The number of sulfonamides is 1. The van der Waals surface area contributed by atoms with Gasteiger partial charge in [-0.25, -0.2) is 21.9 Å². The maximum atomic E-state index is 13.3. The van der Waals surface area contributed by atoms with Crippen LogP contribution in [0.2, 0.25) is 0 Å². The summed E-state index contributed by atoms with van der Waals surface area (Å²) in [5.74, 6) is -2.42. The molecule has 0 aliphatic heterocycles. The van der Waals surface area contributed by atoms with Crippen molar-refractivity contribution in [2.75, 3.05) is 13.6 Å². The monoisotopic (exact) mass is 317 g/mol. The maximum Gasteiger partial charge on any atom is 0.338 e.